The Kier molecular flexibility index (Phi) is 4.08. The normalized spacial score (nSPS) is 13.1. The molecule has 0 saturated heterocycles. The minimum absolute atomic E-state index is 0.0164. The van der Waals surface area contributed by atoms with E-state index in [-0.39, 0.29) is 12.2 Å². The van der Waals surface area contributed by atoms with Gasteiger partial charge in [0.05, 0.1) is 23.5 Å². The minimum atomic E-state index is -3.22. The number of benzene rings is 1. The molecule has 0 aliphatic heterocycles. The van der Waals surface area contributed by atoms with Crippen LogP contribution in [-0.4, -0.2) is 13.7 Å². The summed E-state index contributed by atoms with van der Waals surface area (Å²) in [5.41, 5.74) is 1.78. The van der Waals surface area contributed by atoms with Gasteiger partial charge in [0, 0.05) is 0 Å². The molecule has 0 aliphatic carbocycles. The highest BCUT2D eigenvalue weighted by Crippen LogP contribution is 2.16. The first-order valence-corrected chi connectivity index (χ1v) is 6.82. The van der Waals surface area contributed by atoms with Crippen molar-refractivity contribution < 1.29 is 8.42 Å². The molecule has 0 fully saturated rings. The molecule has 0 radical (unpaired) electrons. The van der Waals surface area contributed by atoms with Gasteiger partial charge in [-0.25, -0.2) is 8.42 Å². The van der Waals surface area contributed by atoms with Crippen LogP contribution < -0.4 is 0 Å². The van der Waals surface area contributed by atoms with Crippen LogP contribution in [-0.2, 0) is 15.6 Å². The molecule has 0 heterocycles. The van der Waals surface area contributed by atoms with E-state index in [1.807, 2.05) is 37.3 Å². The molecule has 0 N–H and O–H groups in total. The van der Waals surface area contributed by atoms with Gasteiger partial charge in [-0.1, -0.05) is 24.3 Å². The summed E-state index contributed by atoms with van der Waals surface area (Å²) < 4.78 is 23.8. The summed E-state index contributed by atoms with van der Waals surface area (Å²) in [4.78, 5) is 0. The average molecular weight is 237 g/mol. The maximum atomic E-state index is 11.9. The molecule has 0 bridgehead atoms. The molecule has 3 nitrogen and oxygen atoms in total. The summed E-state index contributed by atoms with van der Waals surface area (Å²) in [6, 6.07) is 9.30. The van der Waals surface area contributed by atoms with Crippen molar-refractivity contribution in [2.75, 3.05) is 0 Å². The third-order valence-electron chi connectivity index (χ3n) is 2.61. The third kappa shape index (κ3) is 3.07. The zero-order valence-corrected chi connectivity index (χ0v) is 10.3. The maximum Gasteiger partial charge on any atom is 0.158 e. The van der Waals surface area contributed by atoms with E-state index in [1.165, 1.54) is 0 Å². The van der Waals surface area contributed by atoms with Crippen molar-refractivity contribution in [3.05, 3.63) is 35.4 Å². The van der Waals surface area contributed by atoms with Crippen molar-refractivity contribution in [3.63, 3.8) is 0 Å². The van der Waals surface area contributed by atoms with E-state index in [9.17, 15) is 8.42 Å². The first-order valence-electron chi connectivity index (χ1n) is 5.10. The smallest absolute Gasteiger partial charge is 0.158 e. The van der Waals surface area contributed by atoms with E-state index >= 15 is 0 Å². The SMILES string of the molecule is Cc1ccccc1CS(=O)(=O)C(C)CC#N. The van der Waals surface area contributed by atoms with Crippen molar-refractivity contribution in [2.24, 2.45) is 0 Å². The fourth-order valence-corrected chi connectivity index (χ4v) is 2.76. The highest BCUT2D eigenvalue weighted by Gasteiger charge is 2.21. The van der Waals surface area contributed by atoms with Crippen LogP contribution in [0.5, 0.6) is 0 Å². The highest BCUT2D eigenvalue weighted by molar-refractivity contribution is 7.91. The Bertz CT molecular complexity index is 500. The number of nitrogens with zero attached hydrogens (tertiary/aromatic N) is 1. The summed E-state index contributed by atoms with van der Waals surface area (Å²) in [5.74, 6) is 0.0164. The van der Waals surface area contributed by atoms with E-state index < -0.39 is 15.1 Å². The first kappa shape index (κ1) is 12.7. The summed E-state index contributed by atoms with van der Waals surface area (Å²) in [7, 11) is -3.22. The third-order valence-corrected chi connectivity index (χ3v) is 4.72. The van der Waals surface area contributed by atoms with E-state index in [0.29, 0.717) is 0 Å². The van der Waals surface area contributed by atoms with Crippen LogP contribution in [0.2, 0.25) is 0 Å². The molecule has 0 saturated carbocycles. The number of hydrogen-bond acceptors (Lipinski definition) is 3. The lowest BCUT2D eigenvalue weighted by molar-refractivity contribution is 0.583. The van der Waals surface area contributed by atoms with Gasteiger partial charge in [-0.15, -0.1) is 0 Å². The van der Waals surface area contributed by atoms with Gasteiger partial charge in [-0.3, -0.25) is 0 Å². The van der Waals surface area contributed by atoms with Gasteiger partial charge in [0.2, 0.25) is 0 Å². The zero-order chi connectivity index (χ0) is 12.2. The van der Waals surface area contributed by atoms with Gasteiger partial charge in [0.1, 0.15) is 0 Å². The lowest BCUT2D eigenvalue weighted by Crippen LogP contribution is -2.19. The molecule has 1 rings (SSSR count). The van der Waals surface area contributed by atoms with Crippen molar-refractivity contribution in [1.29, 1.82) is 5.26 Å². The number of hydrogen-bond donors (Lipinski definition) is 0. The molecular weight excluding hydrogens is 222 g/mol. The van der Waals surface area contributed by atoms with Gasteiger partial charge in [0.25, 0.3) is 0 Å². The monoisotopic (exact) mass is 237 g/mol. The Morgan fingerprint density at radius 1 is 1.38 bits per heavy atom. The fraction of sp³-hybridized carbons (Fsp3) is 0.417. The Hall–Kier alpha value is -1.34. The van der Waals surface area contributed by atoms with Crippen LogP contribution in [0.3, 0.4) is 0 Å². The summed E-state index contributed by atoms with van der Waals surface area (Å²) >= 11 is 0. The molecule has 0 amide bonds. The lowest BCUT2D eigenvalue weighted by atomic mass is 10.1. The van der Waals surface area contributed by atoms with Gasteiger partial charge in [0.15, 0.2) is 9.84 Å². The Morgan fingerprint density at radius 2 is 2.00 bits per heavy atom. The second kappa shape index (κ2) is 5.13. The number of rotatable bonds is 4. The average Bonchev–Trinajstić information content (AvgIpc) is 2.21. The molecule has 0 aliphatic rings. The van der Waals surface area contributed by atoms with Crippen molar-refractivity contribution in [2.45, 2.75) is 31.3 Å². The van der Waals surface area contributed by atoms with Crippen LogP contribution in [0.1, 0.15) is 24.5 Å². The lowest BCUT2D eigenvalue weighted by Gasteiger charge is -2.11. The fourth-order valence-electron chi connectivity index (χ4n) is 1.39. The van der Waals surface area contributed by atoms with Gasteiger partial charge in [-0.05, 0) is 25.0 Å². The second-order valence-corrected chi connectivity index (χ2v) is 6.33. The van der Waals surface area contributed by atoms with E-state index in [4.69, 9.17) is 5.26 Å². The van der Waals surface area contributed by atoms with Crippen LogP contribution in [0.25, 0.3) is 0 Å². The Labute approximate surface area is 96.6 Å². The quantitative estimate of drug-likeness (QED) is 0.806. The molecule has 0 spiro atoms. The predicted molar refractivity (Wildman–Crippen MR) is 63.5 cm³/mol. The molecule has 0 aromatic heterocycles. The first-order chi connectivity index (χ1) is 7.47. The number of nitriles is 1. The molecule has 1 unspecified atom stereocenters. The largest absolute Gasteiger partial charge is 0.228 e. The predicted octanol–water partition coefficient (Wildman–Crippen LogP) is 2.21. The standard InChI is InChI=1S/C12H15NO2S/c1-10-5-3-4-6-12(10)9-16(14,15)11(2)7-8-13/h3-6,11H,7,9H2,1-2H3. The van der Waals surface area contributed by atoms with E-state index in [2.05, 4.69) is 0 Å². The van der Waals surface area contributed by atoms with Crippen LogP contribution in [0.4, 0.5) is 0 Å². The van der Waals surface area contributed by atoms with Crippen molar-refractivity contribution >= 4 is 9.84 Å². The maximum absolute atomic E-state index is 11.9. The molecule has 4 heteroatoms. The van der Waals surface area contributed by atoms with Crippen molar-refractivity contribution in [1.82, 2.24) is 0 Å². The molecule has 1 aromatic carbocycles. The van der Waals surface area contributed by atoms with Gasteiger partial charge in [-0.2, -0.15) is 5.26 Å². The van der Waals surface area contributed by atoms with Gasteiger partial charge < -0.3 is 0 Å². The van der Waals surface area contributed by atoms with Crippen LogP contribution >= 0.6 is 0 Å². The van der Waals surface area contributed by atoms with E-state index in [1.54, 1.807) is 6.92 Å². The van der Waals surface area contributed by atoms with Crippen LogP contribution in [0, 0.1) is 18.3 Å². The minimum Gasteiger partial charge on any atom is -0.228 e. The second-order valence-electron chi connectivity index (χ2n) is 3.91. The molecule has 86 valence electrons. The van der Waals surface area contributed by atoms with Crippen molar-refractivity contribution in [3.8, 4) is 6.07 Å². The number of aryl methyl sites for hydroxylation is 1. The molecular formula is C12H15NO2S. The zero-order valence-electron chi connectivity index (χ0n) is 9.47. The Balaban J connectivity index is 2.90. The molecule has 1 atom stereocenters. The molecule has 1 aromatic rings. The Morgan fingerprint density at radius 3 is 2.56 bits per heavy atom. The molecule has 16 heavy (non-hydrogen) atoms. The summed E-state index contributed by atoms with van der Waals surface area (Å²) in [6.45, 7) is 3.47. The highest BCUT2D eigenvalue weighted by atomic mass is 32.2. The van der Waals surface area contributed by atoms with Crippen LogP contribution in [0.15, 0.2) is 24.3 Å². The van der Waals surface area contributed by atoms with E-state index in [0.717, 1.165) is 11.1 Å². The summed E-state index contributed by atoms with van der Waals surface area (Å²) in [5, 5.41) is 7.91. The van der Waals surface area contributed by atoms with Gasteiger partial charge >= 0.3 is 0 Å². The number of sulfone groups is 1. The summed E-state index contributed by atoms with van der Waals surface area (Å²) in [6.07, 6.45) is 0.0498. The topological polar surface area (TPSA) is 57.9 Å².